The molecule has 0 radical (unpaired) electrons. The van der Waals surface area contributed by atoms with Crippen molar-refractivity contribution in [1.82, 2.24) is 0 Å². The zero-order valence-electron chi connectivity index (χ0n) is 9.09. The number of thiophene rings is 1. The van der Waals surface area contributed by atoms with E-state index in [9.17, 15) is 15.2 Å². The number of phenolic OH excluding ortho intramolecular Hbond substituents is 1. The van der Waals surface area contributed by atoms with Gasteiger partial charge in [-0.3, -0.25) is 10.1 Å². The van der Waals surface area contributed by atoms with E-state index < -0.39 is 4.92 Å². The fourth-order valence-electron chi connectivity index (χ4n) is 1.45. The maximum atomic E-state index is 10.8. The largest absolute Gasteiger partial charge is 0.508 e. The van der Waals surface area contributed by atoms with Crippen molar-refractivity contribution in [1.29, 1.82) is 0 Å². The predicted molar refractivity (Wildman–Crippen MR) is 71.4 cm³/mol. The molecule has 18 heavy (non-hydrogen) atoms. The summed E-state index contributed by atoms with van der Waals surface area (Å²) in [5.41, 5.74) is 0.208. The zero-order chi connectivity index (χ0) is 13.1. The first-order chi connectivity index (χ1) is 8.56. The third kappa shape index (κ3) is 2.91. The molecule has 1 aromatic heterocycles. The fraction of sp³-hybridized carbons (Fsp3) is 0.0909. The topological polar surface area (TPSA) is 75.4 Å². The predicted octanol–water partition coefficient (Wildman–Crippen LogP) is 3.63. The smallest absolute Gasteiger partial charge is 0.296 e. The van der Waals surface area contributed by atoms with Crippen LogP contribution in [0.25, 0.3) is 0 Å². The molecule has 0 saturated carbocycles. The van der Waals surface area contributed by atoms with E-state index in [1.54, 1.807) is 11.4 Å². The first kappa shape index (κ1) is 12.7. The molecule has 0 unspecified atom stereocenters. The number of hydrogen-bond donors (Lipinski definition) is 2. The second-order valence-corrected chi connectivity index (χ2v) is 4.98. The highest BCUT2D eigenvalue weighted by Gasteiger charge is 2.14. The maximum absolute atomic E-state index is 10.8. The number of rotatable bonds is 4. The Morgan fingerprint density at radius 2 is 2.22 bits per heavy atom. The minimum absolute atomic E-state index is 0.133. The molecule has 0 atom stereocenters. The zero-order valence-corrected chi connectivity index (χ0v) is 10.7. The van der Waals surface area contributed by atoms with E-state index in [-0.39, 0.29) is 11.4 Å². The number of phenols is 1. The quantitative estimate of drug-likeness (QED) is 0.511. The Hall–Kier alpha value is -1.79. The molecule has 5 nitrogen and oxygen atoms in total. The van der Waals surface area contributed by atoms with E-state index in [2.05, 4.69) is 5.32 Å². The van der Waals surface area contributed by atoms with Gasteiger partial charge in [0.2, 0.25) is 0 Å². The van der Waals surface area contributed by atoms with Crippen LogP contribution >= 0.6 is 22.9 Å². The van der Waals surface area contributed by atoms with Crippen LogP contribution in [0.15, 0.2) is 29.6 Å². The lowest BCUT2D eigenvalue weighted by Crippen LogP contribution is -2.01. The SMILES string of the molecule is O=[N+]([O-])c1cc(O)ccc1NCc1cc(Cl)cs1. The summed E-state index contributed by atoms with van der Waals surface area (Å²) < 4.78 is 0. The van der Waals surface area contributed by atoms with Gasteiger partial charge in [-0.2, -0.15) is 0 Å². The molecule has 0 aliphatic rings. The molecule has 1 heterocycles. The van der Waals surface area contributed by atoms with Gasteiger partial charge in [0.25, 0.3) is 5.69 Å². The molecule has 2 aromatic rings. The lowest BCUT2D eigenvalue weighted by atomic mass is 10.2. The summed E-state index contributed by atoms with van der Waals surface area (Å²) in [6.45, 7) is 0.447. The van der Waals surface area contributed by atoms with Crippen LogP contribution in [0.2, 0.25) is 5.02 Å². The van der Waals surface area contributed by atoms with Gasteiger partial charge in [0.1, 0.15) is 11.4 Å². The van der Waals surface area contributed by atoms with E-state index in [0.29, 0.717) is 17.3 Å². The maximum Gasteiger partial charge on any atom is 0.296 e. The molecule has 0 aliphatic heterocycles. The van der Waals surface area contributed by atoms with E-state index in [0.717, 1.165) is 10.9 Å². The second-order valence-electron chi connectivity index (χ2n) is 3.54. The van der Waals surface area contributed by atoms with Crippen molar-refractivity contribution >= 4 is 34.3 Å². The van der Waals surface area contributed by atoms with Crippen molar-refractivity contribution in [2.75, 3.05) is 5.32 Å². The molecular formula is C11H9ClN2O3S. The monoisotopic (exact) mass is 284 g/mol. The molecule has 0 saturated heterocycles. The Morgan fingerprint density at radius 3 is 2.83 bits per heavy atom. The van der Waals surface area contributed by atoms with Gasteiger partial charge in [-0.15, -0.1) is 11.3 Å². The van der Waals surface area contributed by atoms with Crippen molar-refractivity contribution < 1.29 is 10.0 Å². The van der Waals surface area contributed by atoms with Gasteiger partial charge in [-0.05, 0) is 18.2 Å². The summed E-state index contributed by atoms with van der Waals surface area (Å²) in [7, 11) is 0. The van der Waals surface area contributed by atoms with Gasteiger partial charge in [-0.25, -0.2) is 0 Å². The van der Waals surface area contributed by atoms with E-state index in [4.69, 9.17) is 11.6 Å². The molecule has 0 fully saturated rings. The average molecular weight is 285 g/mol. The number of nitrogens with one attached hydrogen (secondary N) is 1. The number of halogens is 1. The van der Waals surface area contributed by atoms with Gasteiger partial charge in [0.15, 0.2) is 0 Å². The molecule has 0 aliphatic carbocycles. The van der Waals surface area contributed by atoms with Gasteiger partial charge >= 0.3 is 0 Å². The third-order valence-corrected chi connectivity index (χ3v) is 3.54. The Kier molecular flexibility index (Phi) is 3.69. The Morgan fingerprint density at radius 1 is 1.44 bits per heavy atom. The summed E-state index contributed by atoms with van der Waals surface area (Å²) in [6, 6.07) is 5.79. The summed E-state index contributed by atoms with van der Waals surface area (Å²) in [5.74, 6) is -0.133. The molecule has 0 spiro atoms. The van der Waals surface area contributed by atoms with Crippen molar-refractivity contribution in [3.05, 3.63) is 49.7 Å². The van der Waals surface area contributed by atoms with Gasteiger partial charge in [0, 0.05) is 16.8 Å². The number of nitro groups is 1. The molecule has 2 N–H and O–H groups in total. The first-order valence-electron chi connectivity index (χ1n) is 5.00. The number of benzene rings is 1. The summed E-state index contributed by atoms with van der Waals surface area (Å²) in [4.78, 5) is 11.3. The van der Waals surface area contributed by atoms with Gasteiger partial charge < -0.3 is 10.4 Å². The molecule has 2 rings (SSSR count). The van der Waals surface area contributed by atoms with Crippen molar-refractivity contribution in [3.63, 3.8) is 0 Å². The van der Waals surface area contributed by atoms with Crippen molar-refractivity contribution in [2.24, 2.45) is 0 Å². The normalized spacial score (nSPS) is 10.3. The number of nitrogens with zero attached hydrogens (tertiary/aromatic N) is 1. The van der Waals surface area contributed by atoms with E-state index >= 15 is 0 Å². The van der Waals surface area contributed by atoms with Crippen LogP contribution in [-0.2, 0) is 6.54 Å². The van der Waals surface area contributed by atoms with Crippen LogP contribution < -0.4 is 5.32 Å². The highest BCUT2D eigenvalue weighted by Crippen LogP contribution is 2.29. The second kappa shape index (κ2) is 5.24. The lowest BCUT2D eigenvalue weighted by Gasteiger charge is -2.05. The Balaban J connectivity index is 2.16. The molecule has 1 aromatic carbocycles. The Labute approximate surface area is 112 Å². The lowest BCUT2D eigenvalue weighted by molar-refractivity contribution is -0.384. The average Bonchev–Trinajstić information content (AvgIpc) is 2.73. The van der Waals surface area contributed by atoms with Crippen LogP contribution in [0.4, 0.5) is 11.4 Å². The number of nitro benzene ring substituents is 1. The van der Waals surface area contributed by atoms with Crippen LogP contribution in [0.3, 0.4) is 0 Å². The molecule has 0 amide bonds. The van der Waals surface area contributed by atoms with Crippen molar-refractivity contribution in [2.45, 2.75) is 6.54 Å². The van der Waals surface area contributed by atoms with E-state index in [1.807, 2.05) is 0 Å². The van der Waals surface area contributed by atoms with Crippen LogP contribution in [0.5, 0.6) is 5.75 Å². The molecular weight excluding hydrogens is 276 g/mol. The summed E-state index contributed by atoms with van der Waals surface area (Å²) in [6.07, 6.45) is 0. The third-order valence-electron chi connectivity index (χ3n) is 2.25. The molecule has 7 heteroatoms. The minimum atomic E-state index is -0.538. The van der Waals surface area contributed by atoms with Gasteiger partial charge in [0.05, 0.1) is 16.0 Å². The van der Waals surface area contributed by atoms with Crippen molar-refractivity contribution in [3.8, 4) is 5.75 Å². The highest BCUT2D eigenvalue weighted by molar-refractivity contribution is 7.10. The number of hydrogen-bond acceptors (Lipinski definition) is 5. The minimum Gasteiger partial charge on any atom is -0.508 e. The number of aromatic hydroxyl groups is 1. The summed E-state index contributed by atoms with van der Waals surface area (Å²) in [5, 5.41) is 25.4. The number of anilines is 1. The highest BCUT2D eigenvalue weighted by atomic mass is 35.5. The molecule has 0 bridgehead atoms. The fourth-order valence-corrected chi connectivity index (χ4v) is 2.46. The van der Waals surface area contributed by atoms with Gasteiger partial charge in [-0.1, -0.05) is 11.6 Å². The van der Waals surface area contributed by atoms with E-state index in [1.165, 1.54) is 23.5 Å². The summed E-state index contributed by atoms with van der Waals surface area (Å²) >= 11 is 7.26. The van der Waals surface area contributed by atoms with Crippen LogP contribution in [-0.4, -0.2) is 10.0 Å². The first-order valence-corrected chi connectivity index (χ1v) is 6.26. The van der Waals surface area contributed by atoms with Crippen LogP contribution in [0, 0.1) is 10.1 Å². The Bertz CT molecular complexity index is 585. The standard InChI is InChI=1S/C11H9ClN2O3S/c12-7-3-9(18-6-7)5-13-10-2-1-8(15)4-11(10)14(16)17/h1-4,6,13,15H,5H2. The molecule has 94 valence electrons. The van der Waals surface area contributed by atoms with Crippen LogP contribution in [0.1, 0.15) is 4.88 Å².